The summed E-state index contributed by atoms with van der Waals surface area (Å²) in [5.74, 6) is 0. The van der Waals surface area contributed by atoms with E-state index in [0.717, 1.165) is 34.5 Å². The number of nitrogens with zero attached hydrogens (tertiary/aromatic N) is 3. The Hall–Kier alpha value is -3.21. The summed E-state index contributed by atoms with van der Waals surface area (Å²) in [6.45, 7) is 4.19. The van der Waals surface area contributed by atoms with E-state index in [9.17, 15) is 23.1 Å². The first-order valence-corrected chi connectivity index (χ1v) is 14.2. The molecule has 1 N–H and O–H groups in total. The Balaban J connectivity index is 1.13. The molecule has 3 heterocycles. The second-order valence-corrected chi connectivity index (χ2v) is 11.7. The standard InChI is InChI=1S/C30H30F3N3O3S/c1-28(38)29(39-27(37)36(28)22-8-3-2-4-9-22)14-18-34(19-15-29)16-7-17-35-23-10-5-6-11-25(23)40-26-13-12-21(20-24(26)35)30(31,32)33/h2-6,8-13,20,38H,7,14-19H2,1H3. The topological polar surface area (TPSA) is 56.2 Å². The number of para-hydroxylation sites is 2. The molecule has 0 saturated carbocycles. The molecule has 1 spiro atoms. The van der Waals surface area contributed by atoms with Gasteiger partial charge >= 0.3 is 12.3 Å². The van der Waals surface area contributed by atoms with Gasteiger partial charge < -0.3 is 19.6 Å². The van der Waals surface area contributed by atoms with Crippen molar-refractivity contribution in [1.82, 2.24) is 4.90 Å². The third kappa shape index (κ3) is 4.61. The molecule has 1 amide bonds. The minimum absolute atomic E-state index is 0.482. The molecule has 10 heteroatoms. The Bertz CT molecular complexity index is 1410. The molecule has 0 radical (unpaired) electrons. The largest absolute Gasteiger partial charge is 0.437 e. The van der Waals surface area contributed by atoms with Crippen LogP contribution in [0.2, 0.25) is 0 Å². The van der Waals surface area contributed by atoms with Crippen molar-refractivity contribution in [2.24, 2.45) is 0 Å². The zero-order valence-corrected chi connectivity index (χ0v) is 22.8. The molecule has 3 aromatic rings. The number of piperidine rings is 1. The lowest BCUT2D eigenvalue weighted by atomic mass is 9.82. The molecule has 0 bridgehead atoms. The monoisotopic (exact) mass is 569 g/mol. The maximum absolute atomic E-state index is 13.5. The number of carbonyl (C=O) groups excluding carboxylic acids is 1. The van der Waals surface area contributed by atoms with Gasteiger partial charge in [0.1, 0.15) is 0 Å². The predicted molar refractivity (Wildman–Crippen MR) is 148 cm³/mol. The van der Waals surface area contributed by atoms with E-state index in [1.807, 2.05) is 47.4 Å². The third-order valence-electron chi connectivity index (χ3n) is 8.25. The Kier molecular flexibility index (Phi) is 6.75. The first kappa shape index (κ1) is 27.0. The van der Waals surface area contributed by atoms with Gasteiger partial charge in [0.2, 0.25) is 0 Å². The highest BCUT2D eigenvalue weighted by atomic mass is 32.2. The average molecular weight is 570 g/mol. The Labute approximate surface area is 235 Å². The number of hydrogen-bond acceptors (Lipinski definition) is 6. The third-order valence-corrected chi connectivity index (χ3v) is 9.38. The van der Waals surface area contributed by atoms with Crippen LogP contribution in [0, 0.1) is 0 Å². The van der Waals surface area contributed by atoms with Gasteiger partial charge in [-0.1, -0.05) is 42.1 Å². The summed E-state index contributed by atoms with van der Waals surface area (Å²) in [7, 11) is 0. The van der Waals surface area contributed by atoms with E-state index in [4.69, 9.17) is 4.74 Å². The molecule has 40 heavy (non-hydrogen) atoms. The van der Waals surface area contributed by atoms with E-state index in [1.165, 1.54) is 22.7 Å². The molecule has 3 aliphatic rings. The number of ether oxygens (including phenoxy) is 1. The minimum Gasteiger partial charge on any atom is -0.437 e. The molecule has 0 aliphatic carbocycles. The van der Waals surface area contributed by atoms with E-state index < -0.39 is 29.2 Å². The number of amides is 1. The van der Waals surface area contributed by atoms with Crippen molar-refractivity contribution in [2.75, 3.05) is 36.0 Å². The van der Waals surface area contributed by atoms with Crippen LogP contribution >= 0.6 is 11.8 Å². The summed E-state index contributed by atoms with van der Waals surface area (Å²) in [5.41, 5.74) is -1.08. The maximum Gasteiger partial charge on any atom is 0.417 e. The van der Waals surface area contributed by atoms with Crippen LogP contribution in [0.5, 0.6) is 0 Å². The van der Waals surface area contributed by atoms with Crippen LogP contribution in [0.1, 0.15) is 31.7 Å². The van der Waals surface area contributed by atoms with Gasteiger partial charge in [-0.05, 0) is 62.4 Å². The fourth-order valence-corrected chi connectivity index (χ4v) is 7.11. The molecule has 0 aromatic heterocycles. The van der Waals surface area contributed by atoms with Crippen molar-refractivity contribution in [1.29, 1.82) is 0 Å². The van der Waals surface area contributed by atoms with Crippen molar-refractivity contribution in [2.45, 2.75) is 53.5 Å². The zero-order chi connectivity index (χ0) is 28.1. The van der Waals surface area contributed by atoms with Crippen molar-refractivity contribution in [3.05, 3.63) is 78.4 Å². The number of likely N-dealkylation sites (tertiary alicyclic amines) is 1. The maximum atomic E-state index is 13.5. The molecule has 2 saturated heterocycles. The van der Waals surface area contributed by atoms with Crippen LogP contribution < -0.4 is 9.80 Å². The summed E-state index contributed by atoms with van der Waals surface area (Å²) in [6.07, 6.45) is -3.27. The molecule has 6 rings (SSSR count). The van der Waals surface area contributed by atoms with Crippen molar-refractivity contribution < 1.29 is 27.8 Å². The molecule has 3 aliphatic heterocycles. The lowest BCUT2D eigenvalue weighted by Gasteiger charge is -2.45. The van der Waals surface area contributed by atoms with Crippen molar-refractivity contribution in [3.8, 4) is 0 Å². The van der Waals surface area contributed by atoms with Crippen LogP contribution in [0.15, 0.2) is 82.6 Å². The number of anilines is 3. The summed E-state index contributed by atoms with van der Waals surface area (Å²) < 4.78 is 46.4. The number of carbonyl (C=O) groups is 1. The average Bonchev–Trinajstić information content (AvgIpc) is 3.12. The number of hydrogen-bond donors (Lipinski definition) is 1. The van der Waals surface area contributed by atoms with E-state index in [2.05, 4.69) is 4.90 Å². The second-order valence-electron chi connectivity index (χ2n) is 10.7. The zero-order valence-electron chi connectivity index (χ0n) is 22.0. The number of halogens is 3. The molecule has 1 atom stereocenters. The normalized spacial score (nSPS) is 22.3. The van der Waals surface area contributed by atoms with Gasteiger partial charge in [0, 0.05) is 42.3 Å². The van der Waals surface area contributed by atoms with Crippen molar-refractivity contribution in [3.63, 3.8) is 0 Å². The first-order valence-electron chi connectivity index (χ1n) is 13.4. The fourth-order valence-electron chi connectivity index (χ4n) is 6.04. The number of aliphatic hydroxyl groups is 1. The molecule has 1 unspecified atom stereocenters. The molecule has 210 valence electrons. The molecular weight excluding hydrogens is 539 g/mol. The van der Waals surface area contributed by atoms with Crippen LogP contribution in [0.25, 0.3) is 0 Å². The SMILES string of the molecule is CC1(O)N(c2ccccc2)C(=O)OC12CCN(CCCN1c3ccccc3Sc3ccc(C(F)(F)F)cc31)CC2. The lowest BCUT2D eigenvalue weighted by molar-refractivity contribution is -0.137. The van der Waals surface area contributed by atoms with Gasteiger partial charge in [-0.2, -0.15) is 13.2 Å². The summed E-state index contributed by atoms with van der Waals surface area (Å²) in [4.78, 5) is 20.2. The van der Waals surface area contributed by atoms with Gasteiger partial charge in [0.05, 0.1) is 22.6 Å². The number of alkyl halides is 3. The predicted octanol–water partition coefficient (Wildman–Crippen LogP) is 6.90. The Morgan fingerprint density at radius 3 is 2.33 bits per heavy atom. The van der Waals surface area contributed by atoms with Gasteiger partial charge in [0.25, 0.3) is 0 Å². The van der Waals surface area contributed by atoms with E-state index >= 15 is 0 Å². The number of rotatable bonds is 5. The van der Waals surface area contributed by atoms with Gasteiger partial charge in [0.15, 0.2) is 11.3 Å². The number of benzene rings is 3. The van der Waals surface area contributed by atoms with Crippen LogP contribution in [-0.2, 0) is 10.9 Å². The second kappa shape index (κ2) is 10.0. The fraction of sp³-hybridized carbons (Fsp3) is 0.367. The van der Waals surface area contributed by atoms with E-state index in [0.29, 0.717) is 43.9 Å². The first-order chi connectivity index (χ1) is 19.1. The minimum atomic E-state index is -4.41. The highest BCUT2D eigenvalue weighted by Crippen LogP contribution is 2.50. The molecule has 2 fully saturated rings. The number of fused-ring (bicyclic) bond motifs is 2. The summed E-state index contributed by atoms with van der Waals surface area (Å²) in [6, 6.07) is 20.8. The highest BCUT2D eigenvalue weighted by molar-refractivity contribution is 7.99. The van der Waals surface area contributed by atoms with Crippen LogP contribution in [0.3, 0.4) is 0 Å². The van der Waals surface area contributed by atoms with Gasteiger partial charge in [-0.3, -0.25) is 0 Å². The summed E-state index contributed by atoms with van der Waals surface area (Å²) in [5, 5.41) is 11.5. The van der Waals surface area contributed by atoms with Crippen molar-refractivity contribution >= 4 is 34.9 Å². The molecule has 3 aromatic carbocycles. The van der Waals surface area contributed by atoms with Crippen LogP contribution in [0.4, 0.5) is 35.0 Å². The molecule has 6 nitrogen and oxygen atoms in total. The summed E-state index contributed by atoms with van der Waals surface area (Å²) >= 11 is 1.49. The Morgan fingerprint density at radius 1 is 0.925 bits per heavy atom. The lowest BCUT2D eigenvalue weighted by Crippen LogP contribution is -2.60. The highest BCUT2D eigenvalue weighted by Gasteiger charge is 2.63. The van der Waals surface area contributed by atoms with Gasteiger partial charge in [-0.15, -0.1) is 0 Å². The Morgan fingerprint density at radius 2 is 1.60 bits per heavy atom. The van der Waals surface area contributed by atoms with Gasteiger partial charge in [-0.25, -0.2) is 9.69 Å². The van der Waals surface area contributed by atoms with Crippen LogP contribution in [-0.4, -0.2) is 53.6 Å². The van der Waals surface area contributed by atoms with E-state index in [-0.39, 0.29) is 0 Å². The molecular formula is C30H30F3N3O3S. The quantitative estimate of drug-likeness (QED) is 0.361. The smallest absolute Gasteiger partial charge is 0.417 e. The van der Waals surface area contributed by atoms with E-state index in [1.54, 1.807) is 25.1 Å².